The Bertz CT molecular complexity index is 653. The van der Waals surface area contributed by atoms with E-state index in [4.69, 9.17) is 10.5 Å². The van der Waals surface area contributed by atoms with Crippen LogP contribution in [0.4, 0.5) is 5.69 Å². The zero-order chi connectivity index (χ0) is 16.1. The van der Waals surface area contributed by atoms with Gasteiger partial charge in [-0.25, -0.2) is 0 Å². The van der Waals surface area contributed by atoms with Crippen LogP contribution in [0.1, 0.15) is 17.0 Å². The molecule has 0 atom stereocenters. The number of carbonyl (C=O) groups excluding carboxylic acids is 1. The number of hydrogen-bond donors (Lipinski definition) is 2. The van der Waals surface area contributed by atoms with E-state index in [1.807, 2.05) is 45.2 Å². The third-order valence-corrected chi connectivity index (χ3v) is 3.51. The molecule has 1 aromatic carbocycles. The highest BCUT2D eigenvalue weighted by molar-refractivity contribution is 5.85. The Morgan fingerprint density at radius 2 is 1.96 bits per heavy atom. The molecule has 2 aromatic rings. The third-order valence-electron chi connectivity index (χ3n) is 3.51. The predicted octanol–water partition coefficient (Wildman–Crippen LogP) is 1.78. The normalized spacial score (nSPS) is 10.0. The van der Waals surface area contributed by atoms with Gasteiger partial charge in [0.15, 0.2) is 12.4 Å². The number of anilines is 1. The van der Waals surface area contributed by atoms with Crippen LogP contribution in [0, 0.1) is 13.8 Å². The number of ether oxygens (including phenoxy) is 1. The molecule has 0 saturated carbocycles. The summed E-state index contributed by atoms with van der Waals surface area (Å²) < 4.78 is 7.30. The van der Waals surface area contributed by atoms with Gasteiger partial charge in [-0.3, -0.25) is 9.48 Å². The summed E-state index contributed by atoms with van der Waals surface area (Å²) in [5.41, 5.74) is 9.20. The number of amides is 1. The Morgan fingerprint density at radius 1 is 1.30 bits per heavy atom. The summed E-state index contributed by atoms with van der Waals surface area (Å²) in [5, 5.41) is 7.09. The molecule has 0 aliphatic heterocycles. The Labute approximate surface area is 142 Å². The van der Waals surface area contributed by atoms with Gasteiger partial charge in [0.25, 0.3) is 5.91 Å². The predicted molar refractivity (Wildman–Crippen MR) is 93.0 cm³/mol. The Balaban J connectivity index is 0.00000264. The molecule has 23 heavy (non-hydrogen) atoms. The van der Waals surface area contributed by atoms with E-state index in [2.05, 4.69) is 10.4 Å². The number of benzene rings is 1. The molecule has 2 rings (SSSR count). The summed E-state index contributed by atoms with van der Waals surface area (Å²) in [5.74, 6) is 0.536. The van der Waals surface area contributed by atoms with Crippen molar-refractivity contribution in [1.29, 1.82) is 0 Å². The van der Waals surface area contributed by atoms with E-state index in [9.17, 15) is 4.79 Å². The molecular formula is C16H23ClN4O2. The molecule has 6 nitrogen and oxygen atoms in total. The van der Waals surface area contributed by atoms with Crippen LogP contribution in [-0.2, 0) is 18.3 Å². The number of aryl methyl sites for hydroxylation is 2. The van der Waals surface area contributed by atoms with E-state index in [0.717, 1.165) is 29.1 Å². The maximum atomic E-state index is 11.8. The van der Waals surface area contributed by atoms with Crippen molar-refractivity contribution in [3.05, 3.63) is 41.2 Å². The lowest BCUT2D eigenvalue weighted by atomic mass is 10.1. The van der Waals surface area contributed by atoms with Crippen molar-refractivity contribution in [3.63, 3.8) is 0 Å². The Kier molecular flexibility index (Phi) is 6.90. The lowest BCUT2D eigenvalue weighted by Gasteiger charge is -2.08. The number of nitrogens with one attached hydrogen (secondary N) is 1. The zero-order valence-corrected chi connectivity index (χ0v) is 14.4. The summed E-state index contributed by atoms with van der Waals surface area (Å²) in [6.45, 7) is 4.34. The molecule has 0 unspecified atom stereocenters. The minimum atomic E-state index is -0.141. The molecule has 7 heteroatoms. The maximum Gasteiger partial charge on any atom is 0.257 e. The molecule has 1 heterocycles. The second-order valence-corrected chi connectivity index (χ2v) is 5.25. The fraction of sp³-hybridized carbons (Fsp3) is 0.375. The fourth-order valence-corrected chi connectivity index (χ4v) is 2.18. The largest absolute Gasteiger partial charge is 0.480 e. The van der Waals surface area contributed by atoms with E-state index in [1.54, 1.807) is 4.68 Å². The van der Waals surface area contributed by atoms with Crippen LogP contribution in [-0.4, -0.2) is 28.8 Å². The van der Waals surface area contributed by atoms with Gasteiger partial charge in [-0.15, -0.1) is 12.4 Å². The minimum Gasteiger partial charge on any atom is -0.480 e. The summed E-state index contributed by atoms with van der Waals surface area (Å²) in [6.07, 6.45) is 0.761. The fourth-order valence-electron chi connectivity index (χ4n) is 2.18. The molecule has 0 spiro atoms. The number of nitrogens with two attached hydrogens (primary N) is 1. The van der Waals surface area contributed by atoms with Crippen LogP contribution >= 0.6 is 12.4 Å². The topological polar surface area (TPSA) is 82.2 Å². The van der Waals surface area contributed by atoms with Gasteiger partial charge in [-0.2, -0.15) is 5.10 Å². The van der Waals surface area contributed by atoms with Gasteiger partial charge >= 0.3 is 0 Å². The molecule has 1 aromatic heterocycles. The van der Waals surface area contributed by atoms with Crippen molar-refractivity contribution in [2.45, 2.75) is 20.3 Å². The van der Waals surface area contributed by atoms with Crippen LogP contribution in [0.2, 0.25) is 0 Å². The summed E-state index contributed by atoms with van der Waals surface area (Å²) >= 11 is 0. The van der Waals surface area contributed by atoms with E-state index < -0.39 is 0 Å². The lowest BCUT2D eigenvalue weighted by molar-refractivity contribution is -0.123. The second-order valence-electron chi connectivity index (χ2n) is 5.25. The number of rotatable bonds is 6. The number of nitrogens with zero attached hydrogens (tertiary/aromatic N) is 2. The molecule has 0 radical (unpaired) electrons. The smallest absolute Gasteiger partial charge is 0.257 e. The van der Waals surface area contributed by atoms with Gasteiger partial charge < -0.3 is 15.8 Å². The average Bonchev–Trinajstić information content (AvgIpc) is 2.72. The van der Waals surface area contributed by atoms with Gasteiger partial charge in [0.2, 0.25) is 0 Å². The molecule has 0 aliphatic rings. The van der Waals surface area contributed by atoms with Crippen molar-refractivity contribution in [2.24, 2.45) is 7.05 Å². The van der Waals surface area contributed by atoms with Crippen molar-refractivity contribution >= 4 is 24.0 Å². The second kappa shape index (κ2) is 8.43. The van der Waals surface area contributed by atoms with Crippen LogP contribution in [0.15, 0.2) is 24.3 Å². The number of aromatic nitrogens is 2. The van der Waals surface area contributed by atoms with Gasteiger partial charge in [-0.05, 0) is 38.0 Å². The first-order valence-electron chi connectivity index (χ1n) is 7.21. The highest BCUT2D eigenvalue weighted by Gasteiger charge is 2.12. The average molecular weight is 339 g/mol. The standard InChI is InChI=1S/C16H22N4O2.ClH/c1-11-16(12(2)20(3)19-11)22-10-15(21)18-9-8-13-4-6-14(17)7-5-13;/h4-7H,8-10,17H2,1-3H3,(H,18,21);1H. The number of carbonyl (C=O) groups is 1. The minimum absolute atomic E-state index is 0. The van der Waals surface area contributed by atoms with E-state index in [0.29, 0.717) is 12.3 Å². The SMILES string of the molecule is Cc1nn(C)c(C)c1OCC(=O)NCCc1ccc(N)cc1.Cl. The molecular weight excluding hydrogens is 316 g/mol. The highest BCUT2D eigenvalue weighted by atomic mass is 35.5. The first-order chi connectivity index (χ1) is 10.5. The van der Waals surface area contributed by atoms with Crippen molar-refractivity contribution in [2.75, 3.05) is 18.9 Å². The molecule has 0 fully saturated rings. The molecule has 1 amide bonds. The van der Waals surface area contributed by atoms with Crippen LogP contribution in [0.25, 0.3) is 0 Å². The van der Waals surface area contributed by atoms with Gasteiger partial charge in [0, 0.05) is 19.3 Å². The first-order valence-corrected chi connectivity index (χ1v) is 7.21. The quantitative estimate of drug-likeness (QED) is 0.786. The van der Waals surface area contributed by atoms with E-state index >= 15 is 0 Å². The Morgan fingerprint density at radius 3 is 2.52 bits per heavy atom. The maximum absolute atomic E-state index is 11.8. The van der Waals surface area contributed by atoms with Crippen molar-refractivity contribution in [3.8, 4) is 5.75 Å². The van der Waals surface area contributed by atoms with E-state index in [1.165, 1.54) is 0 Å². The van der Waals surface area contributed by atoms with Crippen molar-refractivity contribution in [1.82, 2.24) is 15.1 Å². The van der Waals surface area contributed by atoms with Crippen LogP contribution in [0.3, 0.4) is 0 Å². The number of nitrogen functional groups attached to an aromatic ring is 1. The molecule has 0 saturated heterocycles. The zero-order valence-electron chi connectivity index (χ0n) is 13.6. The lowest BCUT2D eigenvalue weighted by Crippen LogP contribution is -2.30. The summed E-state index contributed by atoms with van der Waals surface area (Å²) in [6, 6.07) is 7.63. The molecule has 126 valence electrons. The Hall–Kier alpha value is -2.21. The highest BCUT2D eigenvalue weighted by Crippen LogP contribution is 2.20. The summed E-state index contributed by atoms with van der Waals surface area (Å²) in [4.78, 5) is 11.8. The molecule has 0 aliphatic carbocycles. The van der Waals surface area contributed by atoms with Crippen LogP contribution < -0.4 is 15.8 Å². The number of halogens is 1. The van der Waals surface area contributed by atoms with Gasteiger partial charge in [0.05, 0.1) is 5.69 Å². The van der Waals surface area contributed by atoms with Crippen molar-refractivity contribution < 1.29 is 9.53 Å². The summed E-state index contributed by atoms with van der Waals surface area (Å²) in [7, 11) is 1.85. The van der Waals surface area contributed by atoms with Gasteiger partial charge in [0.1, 0.15) is 5.69 Å². The van der Waals surface area contributed by atoms with E-state index in [-0.39, 0.29) is 24.9 Å². The monoisotopic (exact) mass is 338 g/mol. The van der Waals surface area contributed by atoms with Crippen LogP contribution in [0.5, 0.6) is 5.75 Å². The molecule has 3 N–H and O–H groups in total. The third kappa shape index (κ3) is 5.17. The number of hydrogen-bond acceptors (Lipinski definition) is 4. The first kappa shape index (κ1) is 18.8. The van der Waals surface area contributed by atoms with Gasteiger partial charge in [-0.1, -0.05) is 12.1 Å². The molecule has 0 bridgehead atoms.